The minimum absolute atomic E-state index is 0.0302. The predicted octanol–water partition coefficient (Wildman–Crippen LogP) is 2.66. The fraction of sp³-hybridized carbons (Fsp3) is 0.556. The molecular formula is C18H25NO5. The number of hydrogen-bond donors (Lipinski definition) is 1. The maximum Gasteiger partial charge on any atom is 0.407 e. The molecule has 6 heteroatoms. The molecule has 1 N–H and O–H groups in total. The van der Waals surface area contributed by atoms with Gasteiger partial charge in [-0.2, -0.15) is 0 Å². The Bertz CT molecular complexity index is 538. The van der Waals surface area contributed by atoms with E-state index in [4.69, 9.17) is 9.47 Å². The number of rotatable bonds is 5. The first-order chi connectivity index (χ1) is 11.5. The van der Waals surface area contributed by atoms with Crippen LogP contribution >= 0.6 is 0 Å². The van der Waals surface area contributed by atoms with Crippen molar-refractivity contribution in [2.24, 2.45) is 5.92 Å². The van der Waals surface area contributed by atoms with Gasteiger partial charge in [0.2, 0.25) is 0 Å². The predicted molar refractivity (Wildman–Crippen MR) is 88.3 cm³/mol. The maximum atomic E-state index is 12.5. The molecule has 1 heterocycles. The summed E-state index contributed by atoms with van der Waals surface area (Å²) in [6.45, 7) is 4.10. The standard InChI is InChI=1S/C18H25NO5/c1-12-9-15(10-13(2)24-12)16(19-18(21)22-3)17(20)23-11-14-7-5-4-6-8-14/h4-8,12-13,15-16H,9-11H2,1-3H3,(H,19,21)/t12-,13-,16-/m1/s1. The van der Waals surface area contributed by atoms with Crippen LogP contribution in [0, 0.1) is 5.92 Å². The first-order valence-corrected chi connectivity index (χ1v) is 8.20. The van der Waals surface area contributed by atoms with Crippen molar-refractivity contribution in [3.05, 3.63) is 35.9 Å². The lowest BCUT2D eigenvalue weighted by molar-refractivity contribution is -0.151. The fourth-order valence-electron chi connectivity index (χ4n) is 3.10. The molecule has 1 aromatic rings. The van der Waals surface area contributed by atoms with Gasteiger partial charge in [-0.05, 0) is 38.2 Å². The summed E-state index contributed by atoms with van der Waals surface area (Å²) < 4.78 is 15.8. The molecule has 1 fully saturated rings. The molecular weight excluding hydrogens is 310 g/mol. The summed E-state index contributed by atoms with van der Waals surface area (Å²) in [4.78, 5) is 24.2. The molecule has 1 aliphatic heterocycles. The van der Waals surface area contributed by atoms with Crippen molar-refractivity contribution in [2.45, 2.75) is 51.5 Å². The van der Waals surface area contributed by atoms with Crippen LogP contribution in [0.15, 0.2) is 30.3 Å². The maximum absolute atomic E-state index is 12.5. The number of methoxy groups -OCH3 is 1. The van der Waals surface area contributed by atoms with E-state index < -0.39 is 18.1 Å². The molecule has 3 atom stereocenters. The third-order valence-corrected chi connectivity index (χ3v) is 4.14. The van der Waals surface area contributed by atoms with E-state index in [0.717, 1.165) is 5.56 Å². The van der Waals surface area contributed by atoms with Crippen LogP contribution in [-0.2, 0) is 25.6 Å². The first-order valence-electron chi connectivity index (χ1n) is 8.20. The van der Waals surface area contributed by atoms with E-state index >= 15 is 0 Å². The number of carbonyl (C=O) groups is 2. The van der Waals surface area contributed by atoms with E-state index in [2.05, 4.69) is 10.1 Å². The molecule has 1 aliphatic rings. The van der Waals surface area contributed by atoms with Crippen molar-refractivity contribution in [1.29, 1.82) is 0 Å². The summed E-state index contributed by atoms with van der Waals surface area (Å²) in [5, 5.41) is 2.62. The summed E-state index contributed by atoms with van der Waals surface area (Å²) in [7, 11) is 1.27. The van der Waals surface area contributed by atoms with Crippen molar-refractivity contribution in [3.63, 3.8) is 0 Å². The Hall–Kier alpha value is -2.08. The number of hydrogen-bond acceptors (Lipinski definition) is 5. The zero-order valence-electron chi connectivity index (χ0n) is 14.4. The Morgan fingerprint density at radius 1 is 1.21 bits per heavy atom. The molecule has 1 saturated heterocycles. The van der Waals surface area contributed by atoms with Crippen molar-refractivity contribution in [1.82, 2.24) is 5.32 Å². The molecule has 0 saturated carbocycles. The average molecular weight is 335 g/mol. The number of benzene rings is 1. The molecule has 0 aromatic heterocycles. The van der Waals surface area contributed by atoms with E-state index in [1.165, 1.54) is 7.11 Å². The topological polar surface area (TPSA) is 73.9 Å². The van der Waals surface area contributed by atoms with Crippen molar-refractivity contribution in [2.75, 3.05) is 7.11 Å². The highest BCUT2D eigenvalue weighted by Crippen LogP contribution is 2.28. The molecule has 0 aliphatic carbocycles. The zero-order chi connectivity index (χ0) is 17.5. The van der Waals surface area contributed by atoms with E-state index in [1.807, 2.05) is 44.2 Å². The zero-order valence-corrected chi connectivity index (χ0v) is 14.4. The van der Waals surface area contributed by atoms with E-state index in [1.54, 1.807) is 0 Å². The molecule has 24 heavy (non-hydrogen) atoms. The highest BCUT2D eigenvalue weighted by Gasteiger charge is 2.36. The Morgan fingerprint density at radius 3 is 2.42 bits per heavy atom. The van der Waals surface area contributed by atoms with Gasteiger partial charge < -0.3 is 19.5 Å². The Labute approximate surface area is 142 Å². The van der Waals surface area contributed by atoms with Gasteiger partial charge in [0, 0.05) is 0 Å². The summed E-state index contributed by atoms with van der Waals surface area (Å²) in [5.41, 5.74) is 0.899. The summed E-state index contributed by atoms with van der Waals surface area (Å²) in [6, 6.07) is 8.70. The summed E-state index contributed by atoms with van der Waals surface area (Å²) >= 11 is 0. The molecule has 0 radical (unpaired) electrons. The van der Waals surface area contributed by atoms with Crippen LogP contribution in [0.3, 0.4) is 0 Å². The molecule has 1 amide bonds. The minimum atomic E-state index is -0.741. The van der Waals surface area contributed by atoms with E-state index in [0.29, 0.717) is 12.8 Å². The van der Waals surface area contributed by atoms with Gasteiger partial charge >= 0.3 is 12.1 Å². The smallest absolute Gasteiger partial charge is 0.407 e. The van der Waals surface area contributed by atoms with Crippen LogP contribution in [0.25, 0.3) is 0 Å². The van der Waals surface area contributed by atoms with Crippen molar-refractivity contribution >= 4 is 12.1 Å². The van der Waals surface area contributed by atoms with Crippen LogP contribution < -0.4 is 5.32 Å². The van der Waals surface area contributed by atoms with E-state index in [-0.39, 0.29) is 24.7 Å². The van der Waals surface area contributed by atoms with Gasteiger partial charge in [0.25, 0.3) is 0 Å². The van der Waals surface area contributed by atoms with Crippen LogP contribution in [0.1, 0.15) is 32.3 Å². The number of alkyl carbamates (subject to hydrolysis) is 1. The van der Waals surface area contributed by atoms with Crippen LogP contribution in [0.5, 0.6) is 0 Å². The number of carbonyl (C=O) groups excluding carboxylic acids is 2. The Balaban J connectivity index is 2.03. The lowest BCUT2D eigenvalue weighted by atomic mass is 9.86. The second-order valence-electron chi connectivity index (χ2n) is 6.20. The van der Waals surface area contributed by atoms with Gasteiger partial charge in [-0.25, -0.2) is 9.59 Å². The summed E-state index contributed by atoms with van der Waals surface area (Å²) in [6.07, 6.45) is 0.785. The lowest BCUT2D eigenvalue weighted by Gasteiger charge is -2.35. The molecule has 6 nitrogen and oxygen atoms in total. The van der Waals surface area contributed by atoms with Crippen LogP contribution in [-0.4, -0.2) is 37.4 Å². The monoisotopic (exact) mass is 335 g/mol. The van der Waals surface area contributed by atoms with E-state index in [9.17, 15) is 9.59 Å². The molecule has 1 aromatic carbocycles. The molecule has 0 unspecified atom stereocenters. The Morgan fingerprint density at radius 2 is 1.83 bits per heavy atom. The molecule has 0 spiro atoms. The highest BCUT2D eigenvalue weighted by molar-refractivity contribution is 5.81. The Kier molecular flexibility index (Phi) is 6.61. The van der Waals surface area contributed by atoms with Gasteiger partial charge in [-0.3, -0.25) is 0 Å². The average Bonchev–Trinajstić information content (AvgIpc) is 2.57. The largest absolute Gasteiger partial charge is 0.459 e. The third kappa shape index (κ3) is 5.23. The second-order valence-corrected chi connectivity index (χ2v) is 6.20. The number of nitrogens with one attached hydrogen (secondary N) is 1. The number of esters is 1. The van der Waals surface area contributed by atoms with Gasteiger partial charge in [-0.1, -0.05) is 30.3 Å². The third-order valence-electron chi connectivity index (χ3n) is 4.14. The van der Waals surface area contributed by atoms with Gasteiger partial charge in [-0.15, -0.1) is 0 Å². The fourth-order valence-corrected chi connectivity index (χ4v) is 3.10. The molecule has 2 rings (SSSR count). The second kappa shape index (κ2) is 8.68. The number of amides is 1. The number of ether oxygens (including phenoxy) is 3. The first kappa shape index (κ1) is 18.3. The van der Waals surface area contributed by atoms with Crippen LogP contribution in [0.4, 0.5) is 4.79 Å². The molecule has 0 bridgehead atoms. The molecule has 132 valence electrons. The van der Waals surface area contributed by atoms with Gasteiger partial charge in [0.1, 0.15) is 12.6 Å². The summed E-state index contributed by atoms with van der Waals surface area (Å²) in [5.74, 6) is -0.498. The minimum Gasteiger partial charge on any atom is -0.459 e. The SMILES string of the molecule is COC(=O)N[C@@H](C(=O)OCc1ccccc1)C1C[C@@H](C)O[C@H](C)C1. The quantitative estimate of drug-likeness (QED) is 0.838. The van der Waals surface area contributed by atoms with Gasteiger partial charge in [0.05, 0.1) is 19.3 Å². The highest BCUT2D eigenvalue weighted by atomic mass is 16.5. The van der Waals surface area contributed by atoms with Crippen molar-refractivity contribution < 1.29 is 23.8 Å². The van der Waals surface area contributed by atoms with Crippen molar-refractivity contribution in [3.8, 4) is 0 Å². The normalized spacial score (nSPS) is 24.7. The lowest BCUT2D eigenvalue weighted by Crippen LogP contribution is -2.50. The van der Waals surface area contributed by atoms with Crippen LogP contribution in [0.2, 0.25) is 0 Å². The van der Waals surface area contributed by atoms with Gasteiger partial charge in [0.15, 0.2) is 0 Å².